The van der Waals surface area contributed by atoms with E-state index in [1.807, 2.05) is 30.3 Å². The molecule has 7 heteroatoms. The number of alkyl halides is 3. The van der Waals surface area contributed by atoms with Gasteiger partial charge in [0.15, 0.2) is 0 Å². The Morgan fingerprint density at radius 1 is 1.08 bits per heavy atom. The number of halogens is 3. The summed E-state index contributed by atoms with van der Waals surface area (Å²) in [4.78, 5) is 16.5. The molecule has 1 N–H and O–H groups in total. The van der Waals surface area contributed by atoms with Crippen LogP contribution in [0.2, 0.25) is 0 Å². The predicted octanol–water partition coefficient (Wildman–Crippen LogP) is 4.85. The van der Waals surface area contributed by atoms with E-state index in [1.54, 1.807) is 6.92 Å². The van der Waals surface area contributed by atoms with Crippen molar-refractivity contribution in [1.29, 1.82) is 0 Å². The fraction of sp³-hybridized carbons (Fsp3) is 0.158. The van der Waals surface area contributed by atoms with E-state index in [4.69, 9.17) is 4.42 Å². The zero-order valence-electron chi connectivity index (χ0n) is 13.8. The lowest BCUT2D eigenvalue weighted by Crippen LogP contribution is -2.15. The first kappa shape index (κ1) is 17.7. The molecule has 4 nitrogen and oxygen atoms in total. The van der Waals surface area contributed by atoms with Gasteiger partial charge in [-0.3, -0.25) is 4.79 Å². The molecule has 1 amide bonds. The Balaban J connectivity index is 1.68. The number of hydrogen-bond acceptors (Lipinski definition) is 3. The Kier molecular flexibility index (Phi) is 4.79. The zero-order chi connectivity index (χ0) is 18.7. The van der Waals surface area contributed by atoms with Gasteiger partial charge in [0.2, 0.25) is 11.8 Å². The summed E-state index contributed by atoms with van der Waals surface area (Å²) >= 11 is 0. The number of amides is 1. The smallest absolute Gasteiger partial charge is 0.416 e. The minimum Gasteiger partial charge on any atom is -0.441 e. The first-order valence-electron chi connectivity index (χ1n) is 7.82. The maximum atomic E-state index is 12.6. The Morgan fingerprint density at radius 2 is 1.73 bits per heavy atom. The summed E-state index contributed by atoms with van der Waals surface area (Å²) in [5.41, 5.74) is 0.793. The average Bonchev–Trinajstić information content (AvgIpc) is 2.96. The molecule has 3 rings (SSSR count). The van der Waals surface area contributed by atoms with Crippen molar-refractivity contribution in [3.8, 4) is 11.5 Å². The highest BCUT2D eigenvalue weighted by atomic mass is 19.4. The van der Waals surface area contributed by atoms with E-state index in [1.165, 1.54) is 12.1 Å². The summed E-state index contributed by atoms with van der Waals surface area (Å²) < 4.78 is 43.2. The van der Waals surface area contributed by atoms with Gasteiger partial charge in [0.05, 0.1) is 17.7 Å². The van der Waals surface area contributed by atoms with Crippen LogP contribution in [0.1, 0.15) is 17.0 Å². The minimum atomic E-state index is -4.41. The van der Waals surface area contributed by atoms with Crippen LogP contribution in [0, 0.1) is 6.92 Å². The molecule has 0 radical (unpaired) electrons. The predicted molar refractivity (Wildman–Crippen MR) is 90.5 cm³/mol. The topological polar surface area (TPSA) is 55.1 Å². The summed E-state index contributed by atoms with van der Waals surface area (Å²) in [5.74, 6) is 0.549. The van der Waals surface area contributed by atoms with Crippen LogP contribution in [0.3, 0.4) is 0 Å². The number of anilines is 1. The molecule has 3 aromatic rings. The molecule has 1 aromatic heterocycles. The standard InChI is InChI=1S/C19H15F3N2O2/c1-12-16(24-18(26-12)13-5-3-2-4-6-13)11-17(25)23-15-9-7-14(8-10-15)19(20,21)22/h2-10H,11H2,1H3,(H,23,25). The van der Waals surface area contributed by atoms with Gasteiger partial charge in [-0.25, -0.2) is 4.98 Å². The number of oxazole rings is 1. The van der Waals surface area contributed by atoms with E-state index >= 15 is 0 Å². The van der Waals surface area contributed by atoms with Crippen molar-refractivity contribution < 1.29 is 22.4 Å². The lowest BCUT2D eigenvalue weighted by Gasteiger charge is -2.08. The van der Waals surface area contributed by atoms with Crippen LogP contribution in [-0.4, -0.2) is 10.9 Å². The molecule has 0 aliphatic rings. The van der Waals surface area contributed by atoms with Gasteiger partial charge in [-0.2, -0.15) is 13.2 Å². The average molecular weight is 360 g/mol. The molecule has 0 aliphatic heterocycles. The third kappa shape index (κ3) is 4.11. The van der Waals surface area contributed by atoms with E-state index < -0.39 is 11.7 Å². The SMILES string of the molecule is Cc1oc(-c2ccccc2)nc1CC(=O)Nc1ccc(C(F)(F)F)cc1. The molecule has 0 fully saturated rings. The quantitative estimate of drug-likeness (QED) is 0.724. The second kappa shape index (κ2) is 7.03. The van der Waals surface area contributed by atoms with Crippen molar-refractivity contribution in [2.24, 2.45) is 0 Å². The van der Waals surface area contributed by atoms with Crippen molar-refractivity contribution >= 4 is 11.6 Å². The van der Waals surface area contributed by atoms with Crippen LogP contribution < -0.4 is 5.32 Å². The maximum absolute atomic E-state index is 12.6. The highest BCUT2D eigenvalue weighted by Crippen LogP contribution is 2.30. The van der Waals surface area contributed by atoms with Gasteiger partial charge < -0.3 is 9.73 Å². The molecule has 0 aliphatic carbocycles. The number of carbonyl (C=O) groups is 1. The highest BCUT2D eigenvalue weighted by Gasteiger charge is 2.30. The fourth-order valence-corrected chi connectivity index (χ4v) is 2.40. The Bertz CT molecular complexity index is 901. The van der Waals surface area contributed by atoms with Crippen LogP contribution in [0.25, 0.3) is 11.5 Å². The van der Waals surface area contributed by atoms with E-state index in [0.717, 1.165) is 17.7 Å². The Hall–Kier alpha value is -3.09. The van der Waals surface area contributed by atoms with Crippen molar-refractivity contribution in [2.45, 2.75) is 19.5 Å². The van der Waals surface area contributed by atoms with Gasteiger partial charge in [0.1, 0.15) is 5.76 Å². The Labute approximate surface area is 147 Å². The molecule has 0 saturated carbocycles. The van der Waals surface area contributed by atoms with Crippen LogP contribution in [0.4, 0.5) is 18.9 Å². The third-order valence-electron chi connectivity index (χ3n) is 3.74. The number of nitrogens with one attached hydrogen (secondary N) is 1. The number of carbonyl (C=O) groups excluding carboxylic acids is 1. The van der Waals surface area contributed by atoms with E-state index in [-0.39, 0.29) is 18.0 Å². The molecular formula is C19H15F3N2O2. The summed E-state index contributed by atoms with van der Waals surface area (Å²) in [6.07, 6.45) is -4.45. The van der Waals surface area contributed by atoms with E-state index in [0.29, 0.717) is 17.3 Å². The number of hydrogen-bond donors (Lipinski definition) is 1. The van der Waals surface area contributed by atoms with Crippen LogP contribution in [0.5, 0.6) is 0 Å². The number of rotatable bonds is 4. The minimum absolute atomic E-state index is 0.0385. The first-order chi connectivity index (χ1) is 12.3. The highest BCUT2D eigenvalue weighted by molar-refractivity contribution is 5.92. The second-order valence-corrected chi connectivity index (χ2v) is 5.69. The molecule has 0 spiro atoms. The van der Waals surface area contributed by atoms with E-state index in [2.05, 4.69) is 10.3 Å². The molecule has 0 saturated heterocycles. The molecule has 26 heavy (non-hydrogen) atoms. The lowest BCUT2D eigenvalue weighted by atomic mass is 10.2. The van der Waals surface area contributed by atoms with Gasteiger partial charge in [-0.05, 0) is 43.3 Å². The van der Waals surface area contributed by atoms with Crippen LogP contribution in [0.15, 0.2) is 59.0 Å². The molecule has 2 aromatic carbocycles. The van der Waals surface area contributed by atoms with Crippen LogP contribution >= 0.6 is 0 Å². The molecule has 0 unspecified atom stereocenters. The maximum Gasteiger partial charge on any atom is 0.416 e. The van der Waals surface area contributed by atoms with Crippen molar-refractivity contribution in [3.63, 3.8) is 0 Å². The lowest BCUT2D eigenvalue weighted by molar-refractivity contribution is -0.137. The summed E-state index contributed by atoms with van der Waals surface area (Å²) in [6, 6.07) is 13.5. The number of aryl methyl sites for hydroxylation is 1. The van der Waals surface area contributed by atoms with Gasteiger partial charge in [-0.1, -0.05) is 18.2 Å². The zero-order valence-corrected chi connectivity index (χ0v) is 13.8. The van der Waals surface area contributed by atoms with Gasteiger partial charge in [-0.15, -0.1) is 0 Å². The van der Waals surface area contributed by atoms with Gasteiger partial charge in [0.25, 0.3) is 0 Å². The molecule has 134 valence electrons. The monoisotopic (exact) mass is 360 g/mol. The van der Waals surface area contributed by atoms with Crippen molar-refractivity contribution in [2.75, 3.05) is 5.32 Å². The summed E-state index contributed by atoms with van der Waals surface area (Å²) in [5, 5.41) is 2.56. The Morgan fingerprint density at radius 3 is 2.35 bits per heavy atom. The normalized spacial score (nSPS) is 11.4. The van der Waals surface area contributed by atoms with Gasteiger partial charge >= 0.3 is 6.18 Å². The molecular weight excluding hydrogens is 345 g/mol. The van der Waals surface area contributed by atoms with E-state index in [9.17, 15) is 18.0 Å². The number of aromatic nitrogens is 1. The molecule has 1 heterocycles. The summed E-state index contributed by atoms with van der Waals surface area (Å²) in [6.45, 7) is 1.71. The second-order valence-electron chi connectivity index (χ2n) is 5.69. The summed E-state index contributed by atoms with van der Waals surface area (Å²) in [7, 11) is 0. The number of benzene rings is 2. The van der Waals surface area contributed by atoms with Crippen molar-refractivity contribution in [3.05, 3.63) is 71.6 Å². The molecule has 0 atom stereocenters. The number of nitrogens with zero attached hydrogens (tertiary/aromatic N) is 1. The van der Waals surface area contributed by atoms with Crippen LogP contribution in [-0.2, 0) is 17.4 Å². The third-order valence-corrected chi connectivity index (χ3v) is 3.74. The van der Waals surface area contributed by atoms with Gasteiger partial charge in [0, 0.05) is 11.3 Å². The first-order valence-corrected chi connectivity index (χ1v) is 7.82. The fourth-order valence-electron chi connectivity index (χ4n) is 2.40. The largest absolute Gasteiger partial charge is 0.441 e. The van der Waals surface area contributed by atoms with Crippen molar-refractivity contribution in [1.82, 2.24) is 4.98 Å². The molecule has 0 bridgehead atoms.